The van der Waals surface area contributed by atoms with Crippen LogP contribution in [0.3, 0.4) is 0 Å². The fraction of sp³-hybridized carbons (Fsp3) is 0.217. The van der Waals surface area contributed by atoms with Gasteiger partial charge in [-0.1, -0.05) is 0 Å². The van der Waals surface area contributed by atoms with Crippen LogP contribution in [0.2, 0.25) is 0 Å². The molecule has 33 heavy (non-hydrogen) atoms. The average molecular weight is 451 g/mol. The number of nitrogens with one attached hydrogen (secondary N) is 2. The van der Waals surface area contributed by atoms with Crippen LogP contribution in [-0.4, -0.2) is 52.2 Å². The Labute approximate surface area is 190 Å². The number of rotatable bonds is 8. The van der Waals surface area contributed by atoms with Crippen LogP contribution in [0.5, 0.6) is 0 Å². The molecule has 2 aromatic carbocycles. The van der Waals surface area contributed by atoms with Crippen molar-refractivity contribution in [2.24, 2.45) is 0 Å². The minimum absolute atomic E-state index is 0.0210. The van der Waals surface area contributed by atoms with E-state index in [1.807, 2.05) is 0 Å². The summed E-state index contributed by atoms with van der Waals surface area (Å²) in [7, 11) is 0. The number of nitrogens with two attached hydrogens (primary N) is 1. The number of amides is 3. The zero-order chi connectivity index (χ0) is 24.0. The van der Waals surface area contributed by atoms with Crippen LogP contribution >= 0.6 is 0 Å². The summed E-state index contributed by atoms with van der Waals surface area (Å²) in [6, 6.07) is 13.2. The van der Waals surface area contributed by atoms with Gasteiger partial charge in [0.1, 0.15) is 11.9 Å². The topological polar surface area (TPSA) is 158 Å². The van der Waals surface area contributed by atoms with Crippen molar-refractivity contribution in [2.75, 3.05) is 34.4 Å². The number of hydrogen-bond acceptors (Lipinski definition) is 7. The number of nitrogen functional groups attached to an aromatic ring is 1. The number of aromatic nitrogens is 1. The summed E-state index contributed by atoms with van der Waals surface area (Å²) < 4.78 is 0. The largest absolute Gasteiger partial charge is 0.395 e. The lowest BCUT2D eigenvalue weighted by Gasteiger charge is -2.23. The monoisotopic (exact) mass is 451 g/mol. The molecule has 10 nitrogen and oxygen atoms in total. The first kappa shape index (κ1) is 23.6. The lowest BCUT2D eigenvalue weighted by molar-refractivity contribution is -0.129. The molecule has 1 aromatic heterocycles. The third-order valence-corrected chi connectivity index (χ3v) is 4.86. The Hall–Kier alpha value is -4.02. The number of carbonyl (C=O) groups is 3. The first-order chi connectivity index (χ1) is 15.8. The zero-order valence-electron chi connectivity index (χ0n) is 18.0. The predicted molar refractivity (Wildman–Crippen MR) is 126 cm³/mol. The minimum Gasteiger partial charge on any atom is -0.395 e. The quantitative estimate of drug-likeness (QED) is 0.347. The number of benzene rings is 2. The number of hydrogen-bond donors (Lipinski definition) is 5. The molecule has 10 heteroatoms. The Bertz CT molecular complexity index is 1170. The molecule has 0 spiro atoms. The molecule has 0 saturated heterocycles. The van der Waals surface area contributed by atoms with Crippen LogP contribution in [0, 0.1) is 0 Å². The molecule has 0 saturated carbocycles. The molecule has 3 aromatic rings. The lowest BCUT2D eigenvalue weighted by Crippen LogP contribution is -2.39. The van der Waals surface area contributed by atoms with E-state index in [0.717, 1.165) is 10.8 Å². The molecular weight excluding hydrogens is 426 g/mol. The van der Waals surface area contributed by atoms with Gasteiger partial charge in [-0.05, 0) is 53.9 Å². The number of aliphatic hydroxyl groups is 2. The van der Waals surface area contributed by atoms with Crippen molar-refractivity contribution in [3.8, 4) is 0 Å². The van der Waals surface area contributed by atoms with E-state index in [9.17, 15) is 24.6 Å². The van der Waals surface area contributed by atoms with Crippen molar-refractivity contribution in [1.29, 1.82) is 0 Å². The maximum Gasteiger partial charge on any atom is 0.253 e. The van der Waals surface area contributed by atoms with E-state index in [0.29, 0.717) is 22.9 Å². The maximum atomic E-state index is 12.8. The van der Waals surface area contributed by atoms with Gasteiger partial charge >= 0.3 is 0 Å². The van der Waals surface area contributed by atoms with Gasteiger partial charge in [0.05, 0.1) is 13.0 Å². The number of carbonyl (C=O) groups excluding carboxylic acids is 3. The van der Waals surface area contributed by atoms with Crippen LogP contribution in [0.15, 0.2) is 54.7 Å². The molecule has 0 aliphatic carbocycles. The number of nitrogens with zero attached hydrogens (tertiary/aromatic N) is 2. The molecule has 0 aliphatic rings. The molecule has 1 atom stereocenters. The van der Waals surface area contributed by atoms with E-state index in [-0.39, 0.29) is 19.1 Å². The summed E-state index contributed by atoms with van der Waals surface area (Å²) >= 11 is 0. The summed E-state index contributed by atoms with van der Waals surface area (Å²) in [4.78, 5) is 41.6. The summed E-state index contributed by atoms with van der Waals surface area (Å²) in [5.41, 5.74) is 7.27. The highest BCUT2D eigenvalue weighted by Gasteiger charge is 2.24. The van der Waals surface area contributed by atoms with E-state index in [2.05, 4.69) is 15.6 Å². The van der Waals surface area contributed by atoms with Crippen molar-refractivity contribution in [3.63, 3.8) is 0 Å². The van der Waals surface area contributed by atoms with Gasteiger partial charge < -0.3 is 31.5 Å². The lowest BCUT2D eigenvalue weighted by atomic mass is 10.1. The van der Waals surface area contributed by atoms with Gasteiger partial charge in [-0.25, -0.2) is 4.98 Å². The van der Waals surface area contributed by atoms with Crippen molar-refractivity contribution in [3.05, 3.63) is 54.7 Å². The normalized spacial score (nSPS) is 11.6. The molecule has 172 valence electrons. The highest BCUT2D eigenvalue weighted by molar-refractivity contribution is 6.02. The second-order valence-corrected chi connectivity index (χ2v) is 7.34. The Morgan fingerprint density at radius 2 is 1.76 bits per heavy atom. The first-order valence-electron chi connectivity index (χ1n) is 10.2. The molecule has 0 aliphatic heterocycles. The number of pyridine rings is 1. The van der Waals surface area contributed by atoms with Gasteiger partial charge in [-0.3, -0.25) is 14.4 Å². The van der Waals surface area contributed by atoms with E-state index in [1.165, 1.54) is 11.8 Å². The number of anilines is 4. The van der Waals surface area contributed by atoms with Gasteiger partial charge in [-0.2, -0.15) is 0 Å². The SMILES string of the molecule is CC(=O)Nc1ccc(N(CCO)C(=O)CC(O)C(=O)Nc2ccc3c(N)nccc3c2)cc1. The predicted octanol–water partition coefficient (Wildman–Crippen LogP) is 1.49. The van der Waals surface area contributed by atoms with Gasteiger partial charge in [0.25, 0.3) is 5.91 Å². The van der Waals surface area contributed by atoms with Gasteiger partial charge in [-0.15, -0.1) is 0 Å². The highest BCUT2D eigenvalue weighted by Crippen LogP contribution is 2.23. The Morgan fingerprint density at radius 1 is 1.06 bits per heavy atom. The fourth-order valence-corrected chi connectivity index (χ4v) is 3.30. The van der Waals surface area contributed by atoms with E-state index >= 15 is 0 Å². The fourth-order valence-electron chi connectivity index (χ4n) is 3.30. The standard InChI is InChI=1S/C23H25N5O5/c1-14(30)26-16-2-5-18(6-3-16)28(10-11-29)21(32)13-20(31)23(33)27-17-4-7-19-15(12-17)8-9-25-22(19)24/h2-9,12,20,29,31H,10-11,13H2,1H3,(H2,24,25)(H,26,30)(H,27,33). The van der Waals surface area contributed by atoms with Gasteiger partial charge in [0.2, 0.25) is 11.8 Å². The summed E-state index contributed by atoms with van der Waals surface area (Å²) in [5.74, 6) is -1.15. The third kappa shape index (κ3) is 6.03. The molecular formula is C23H25N5O5. The second kappa shape index (κ2) is 10.5. The average Bonchev–Trinajstić information content (AvgIpc) is 2.77. The molecule has 0 bridgehead atoms. The molecule has 3 rings (SSSR count). The highest BCUT2D eigenvalue weighted by atomic mass is 16.3. The zero-order valence-corrected chi connectivity index (χ0v) is 18.0. The second-order valence-electron chi connectivity index (χ2n) is 7.34. The Kier molecular flexibility index (Phi) is 7.54. The molecule has 1 heterocycles. The number of aliphatic hydroxyl groups excluding tert-OH is 2. The molecule has 0 fully saturated rings. The first-order valence-corrected chi connectivity index (χ1v) is 10.2. The molecule has 6 N–H and O–H groups in total. The third-order valence-electron chi connectivity index (χ3n) is 4.86. The summed E-state index contributed by atoms with van der Waals surface area (Å²) in [5, 5.41) is 26.4. The minimum atomic E-state index is -1.60. The van der Waals surface area contributed by atoms with Crippen molar-refractivity contribution in [2.45, 2.75) is 19.4 Å². The van der Waals surface area contributed by atoms with Crippen LogP contribution < -0.4 is 21.3 Å². The van der Waals surface area contributed by atoms with E-state index in [1.54, 1.807) is 54.7 Å². The summed E-state index contributed by atoms with van der Waals surface area (Å²) in [6.45, 7) is 1.05. The smallest absolute Gasteiger partial charge is 0.253 e. The molecule has 3 amide bonds. The van der Waals surface area contributed by atoms with Crippen LogP contribution in [0.25, 0.3) is 10.8 Å². The van der Waals surface area contributed by atoms with Crippen molar-refractivity contribution in [1.82, 2.24) is 4.98 Å². The van der Waals surface area contributed by atoms with Crippen LogP contribution in [0.1, 0.15) is 13.3 Å². The van der Waals surface area contributed by atoms with Gasteiger partial charge in [0.15, 0.2) is 0 Å². The Balaban J connectivity index is 1.66. The summed E-state index contributed by atoms with van der Waals surface area (Å²) in [6.07, 6.45) is -0.533. The van der Waals surface area contributed by atoms with E-state index < -0.39 is 24.3 Å². The van der Waals surface area contributed by atoms with Crippen molar-refractivity contribution < 1.29 is 24.6 Å². The van der Waals surface area contributed by atoms with Crippen molar-refractivity contribution >= 4 is 51.4 Å². The maximum absolute atomic E-state index is 12.8. The van der Waals surface area contributed by atoms with Crippen LogP contribution in [0.4, 0.5) is 22.9 Å². The molecule has 0 radical (unpaired) electrons. The van der Waals surface area contributed by atoms with E-state index in [4.69, 9.17) is 5.73 Å². The number of fused-ring (bicyclic) bond motifs is 1. The van der Waals surface area contributed by atoms with Gasteiger partial charge in [0, 0.05) is 42.1 Å². The molecule has 1 unspecified atom stereocenters. The Morgan fingerprint density at radius 3 is 2.42 bits per heavy atom. The van der Waals surface area contributed by atoms with Crippen LogP contribution in [-0.2, 0) is 14.4 Å².